The molecule has 0 bridgehead atoms. The summed E-state index contributed by atoms with van der Waals surface area (Å²) >= 11 is 5.60. The number of halogens is 1. The highest BCUT2D eigenvalue weighted by Gasteiger charge is 2.11. The number of nitrogens with one attached hydrogen (secondary N) is 1. The molecule has 1 rings (SSSR count). The molecule has 2 N–H and O–H groups in total. The van der Waals surface area contributed by atoms with E-state index in [4.69, 9.17) is 16.7 Å². The van der Waals surface area contributed by atoms with Crippen molar-refractivity contribution >= 4 is 33.4 Å². The van der Waals surface area contributed by atoms with Gasteiger partial charge < -0.3 is 5.11 Å². The second-order valence-corrected chi connectivity index (χ2v) is 5.56. The van der Waals surface area contributed by atoms with E-state index in [9.17, 15) is 13.2 Å². The molecular weight excluding hydrogens is 268 g/mol. The van der Waals surface area contributed by atoms with Gasteiger partial charge in [0, 0.05) is 12.6 Å². The number of sulfonamides is 1. The van der Waals surface area contributed by atoms with Crippen molar-refractivity contribution in [1.82, 2.24) is 4.98 Å². The van der Waals surface area contributed by atoms with Crippen LogP contribution in [0.1, 0.15) is 12.8 Å². The van der Waals surface area contributed by atoms with Crippen molar-refractivity contribution in [1.29, 1.82) is 0 Å². The minimum atomic E-state index is -3.56. The van der Waals surface area contributed by atoms with Gasteiger partial charge in [0.05, 0.1) is 10.8 Å². The Hall–Kier alpha value is -1.34. The smallest absolute Gasteiger partial charge is 0.303 e. The van der Waals surface area contributed by atoms with Crippen LogP contribution in [0.5, 0.6) is 0 Å². The minimum Gasteiger partial charge on any atom is -0.481 e. The molecule has 6 nitrogen and oxygen atoms in total. The molecule has 0 radical (unpaired) electrons. The van der Waals surface area contributed by atoms with Gasteiger partial charge in [-0.1, -0.05) is 11.6 Å². The number of anilines is 1. The molecule has 0 aliphatic carbocycles. The maximum Gasteiger partial charge on any atom is 0.303 e. The highest BCUT2D eigenvalue weighted by Crippen LogP contribution is 2.11. The molecule has 17 heavy (non-hydrogen) atoms. The average Bonchev–Trinajstić information content (AvgIpc) is 2.20. The second kappa shape index (κ2) is 5.83. The van der Waals surface area contributed by atoms with Crippen LogP contribution in [0.15, 0.2) is 18.3 Å². The van der Waals surface area contributed by atoms with Crippen LogP contribution in [0.4, 0.5) is 5.82 Å². The van der Waals surface area contributed by atoms with E-state index in [1.807, 2.05) is 0 Å². The highest BCUT2D eigenvalue weighted by molar-refractivity contribution is 7.92. The van der Waals surface area contributed by atoms with E-state index >= 15 is 0 Å². The normalized spacial score (nSPS) is 11.1. The van der Waals surface area contributed by atoms with E-state index in [-0.39, 0.29) is 24.4 Å². The second-order valence-electron chi connectivity index (χ2n) is 3.28. The zero-order valence-corrected chi connectivity index (χ0v) is 10.3. The summed E-state index contributed by atoms with van der Waals surface area (Å²) in [7, 11) is -3.56. The number of aromatic nitrogens is 1. The summed E-state index contributed by atoms with van der Waals surface area (Å²) in [5.74, 6) is -1.13. The molecule has 8 heteroatoms. The summed E-state index contributed by atoms with van der Waals surface area (Å²) in [5, 5.41) is 8.79. The fourth-order valence-corrected chi connectivity index (χ4v) is 2.24. The van der Waals surface area contributed by atoms with Crippen molar-refractivity contribution in [3.05, 3.63) is 23.4 Å². The lowest BCUT2D eigenvalue weighted by Gasteiger charge is -2.06. The van der Waals surface area contributed by atoms with Gasteiger partial charge in [-0.3, -0.25) is 9.52 Å². The molecule has 0 amide bonds. The Kier molecular flexibility index (Phi) is 4.71. The van der Waals surface area contributed by atoms with Crippen LogP contribution in [-0.2, 0) is 14.8 Å². The summed E-state index contributed by atoms with van der Waals surface area (Å²) in [6, 6.07) is 2.93. The molecule has 0 atom stereocenters. The number of aliphatic carboxylic acids is 1. The maximum absolute atomic E-state index is 11.5. The predicted molar refractivity (Wildman–Crippen MR) is 63.5 cm³/mol. The van der Waals surface area contributed by atoms with Gasteiger partial charge in [0.15, 0.2) is 0 Å². The molecule has 1 aromatic rings. The van der Waals surface area contributed by atoms with Gasteiger partial charge in [-0.15, -0.1) is 0 Å². The predicted octanol–water partition coefficient (Wildman–Crippen LogP) is 1.34. The Morgan fingerprint density at radius 1 is 1.47 bits per heavy atom. The van der Waals surface area contributed by atoms with Gasteiger partial charge in [0.25, 0.3) is 0 Å². The molecule has 0 saturated heterocycles. The molecule has 94 valence electrons. The summed E-state index contributed by atoms with van der Waals surface area (Å²) in [5.41, 5.74) is 0. The summed E-state index contributed by atoms with van der Waals surface area (Å²) in [6.45, 7) is 0. The van der Waals surface area contributed by atoms with E-state index in [0.717, 1.165) is 0 Å². The zero-order chi connectivity index (χ0) is 12.9. The fourth-order valence-electron chi connectivity index (χ4n) is 1.06. The highest BCUT2D eigenvalue weighted by atomic mass is 35.5. The van der Waals surface area contributed by atoms with Crippen LogP contribution in [0.25, 0.3) is 0 Å². The summed E-state index contributed by atoms with van der Waals surface area (Å²) in [6.07, 6.45) is 1.18. The molecule has 0 aliphatic heterocycles. The maximum atomic E-state index is 11.5. The molecule has 0 spiro atoms. The lowest BCUT2D eigenvalue weighted by molar-refractivity contribution is -0.137. The van der Waals surface area contributed by atoms with Gasteiger partial charge in [0.2, 0.25) is 10.0 Å². The Morgan fingerprint density at radius 2 is 2.18 bits per heavy atom. The van der Waals surface area contributed by atoms with Crippen molar-refractivity contribution in [2.45, 2.75) is 12.8 Å². The van der Waals surface area contributed by atoms with Crippen LogP contribution < -0.4 is 4.72 Å². The van der Waals surface area contributed by atoms with Crippen molar-refractivity contribution in [3.8, 4) is 0 Å². The molecular formula is C9H11ClN2O4S. The Labute approximate surface area is 104 Å². The van der Waals surface area contributed by atoms with Gasteiger partial charge in [-0.25, -0.2) is 13.4 Å². The third kappa shape index (κ3) is 5.50. The first-order valence-corrected chi connectivity index (χ1v) is 6.76. The molecule has 0 aliphatic rings. The minimum absolute atomic E-state index is 0.0538. The number of carboxylic acid groups (broad SMARTS) is 1. The summed E-state index contributed by atoms with van der Waals surface area (Å²) in [4.78, 5) is 14.0. The molecule has 1 aromatic heterocycles. The molecule has 0 saturated carbocycles. The van der Waals surface area contributed by atoms with Gasteiger partial charge in [-0.05, 0) is 18.6 Å². The first kappa shape index (κ1) is 13.7. The monoisotopic (exact) mass is 278 g/mol. The quantitative estimate of drug-likeness (QED) is 0.818. The Bertz CT molecular complexity index is 486. The van der Waals surface area contributed by atoms with Crippen LogP contribution in [0, 0.1) is 0 Å². The van der Waals surface area contributed by atoms with Crippen LogP contribution >= 0.6 is 11.6 Å². The lowest BCUT2D eigenvalue weighted by atomic mass is 10.3. The molecule has 1 heterocycles. The van der Waals surface area contributed by atoms with Crippen LogP contribution in [-0.4, -0.2) is 30.2 Å². The van der Waals surface area contributed by atoms with Gasteiger partial charge >= 0.3 is 5.97 Å². The van der Waals surface area contributed by atoms with Crippen LogP contribution in [0.3, 0.4) is 0 Å². The first-order valence-electron chi connectivity index (χ1n) is 4.73. The Balaban J connectivity index is 2.54. The number of hydrogen-bond acceptors (Lipinski definition) is 4. The van der Waals surface area contributed by atoms with E-state index in [2.05, 4.69) is 9.71 Å². The number of carboxylic acids is 1. The van der Waals surface area contributed by atoms with E-state index < -0.39 is 16.0 Å². The zero-order valence-electron chi connectivity index (χ0n) is 8.76. The van der Waals surface area contributed by atoms with Gasteiger partial charge in [0.1, 0.15) is 5.82 Å². The average molecular weight is 279 g/mol. The van der Waals surface area contributed by atoms with Crippen LogP contribution in [0.2, 0.25) is 5.02 Å². The van der Waals surface area contributed by atoms with Crippen molar-refractivity contribution in [3.63, 3.8) is 0 Å². The fraction of sp³-hybridized carbons (Fsp3) is 0.333. The van der Waals surface area contributed by atoms with E-state index in [1.54, 1.807) is 0 Å². The summed E-state index contributed by atoms with van der Waals surface area (Å²) < 4.78 is 25.2. The first-order chi connectivity index (χ1) is 7.89. The number of pyridine rings is 1. The standard InChI is InChI=1S/C9H11ClN2O4S/c10-7-3-4-8(11-6-7)12-17(15,16)5-1-2-9(13)14/h3-4,6H,1-2,5H2,(H,11,12)(H,13,14). The third-order valence-corrected chi connectivity index (χ3v) is 3.36. The topological polar surface area (TPSA) is 96.4 Å². The molecule has 0 unspecified atom stereocenters. The third-order valence-electron chi connectivity index (χ3n) is 1.79. The Morgan fingerprint density at radius 3 is 2.71 bits per heavy atom. The number of hydrogen-bond donors (Lipinski definition) is 2. The van der Waals surface area contributed by atoms with Crippen molar-refractivity contribution < 1.29 is 18.3 Å². The number of rotatable bonds is 6. The number of nitrogens with zero attached hydrogens (tertiary/aromatic N) is 1. The van der Waals surface area contributed by atoms with Crippen molar-refractivity contribution in [2.75, 3.05) is 10.5 Å². The van der Waals surface area contributed by atoms with E-state index in [0.29, 0.717) is 5.02 Å². The molecule has 0 aromatic carbocycles. The largest absolute Gasteiger partial charge is 0.481 e. The lowest BCUT2D eigenvalue weighted by Crippen LogP contribution is -2.18. The van der Waals surface area contributed by atoms with E-state index in [1.165, 1.54) is 18.3 Å². The van der Waals surface area contributed by atoms with Crippen molar-refractivity contribution in [2.24, 2.45) is 0 Å². The number of carbonyl (C=O) groups is 1. The SMILES string of the molecule is O=C(O)CCCS(=O)(=O)Nc1ccc(Cl)cn1. The molecule has 0 fully saturated rings. The van der Waals surface area contributed by atoms with Gasteiger partial charge in [-0.2, -0.15) is 0 Å².